The van der Waals surface area contributed by atoms with Gasteiger partial charge >= 0.3 is 0 Å². The van der Waals surface area contributed by atoms with E-state index in [0.29, 0.717) is 0 Å². The molecule has 0 aromatic heterocycles. The molecule has 0 N–H and O–H groups in total. The lowest BCUT2D eigenvalue weighted by Crippen LogP contribution is -2.39. The predicted molar refractivity (Wildman–Crippen MR) is 56.8 cm³/mol. The lowest BCUT2D eigenvalue weighted by molar-refractivity contribution is 0.113. The van der Waals surface area contributed by atoms with Crippen LogP contribution in [0.25, 0.3) is 0 Å². The molecule has 1 heteroatoms. The van der Waals surface area contributed by atoms with Crippen LogP contribution < -0.4 is 0 Å². The molecule has 0 unspecified atom stereocenters. The summed E-state index contributed by atoms with van der Waals surface area (Å²) in [6.45, 7) is 7.51. The fourth-order valence-electron chi connectivity index (χ4n) is 3.29. The molecule has 3 rings (SSSR count). The highest BCUT2D eigenvalue weighted by molar-refractivity contribution is 4.91. The second kappa shape index (κ2) is 3.61. The molecule has 1 nitrogen and oxygen atoms in total. The maximum atomic E-state index is 2.70. The van der Waals surface area contributed by atoms with Gasteiger partial charge in [-0.05, 0) is 57.5 Å². The maximum Gasteiger partial charge on any atom is 0.00671 e. The number of piperidine rings is 1. The molecule has 0 aliphatic carbocycles. The third-order valence-corrected chi connectivity index (χ3v) is 4.35. The summed E-state index contributed by atoms with van der Waals surface area (Å²) in [4.78, 5) is 2.70. The van der Waals surface area contributed by atoms with E-state index in [9.17, 15) is 0 Å². The summed E-state index contributed by atoms with van der Waals surface area (Å²) in [5.41, 5.74) is 0.760. The zero-order valence-corrected chi connectivity index (χ0v) is 9.18. The Kier molecular flexibility index (Phi) is 2.64. The maximum absolute atomic E-state index is 2.70. The second-order valence-electron chi connectivity index (χ2n) is 5.17. The first-order valence-electron chi connectivity index (χ1n) is 6.00. The number of rotatable bonds is 2. The smallest absolute Gasteiger partial charge is 0.00671 e. The first kappa shape index (κ1) is 9.51. The number of hydrogen-bond acceptors (Lipinski definition) is 1. The van der Waals surface area contributed by atoms with Crippen molar-refractivity contribution >= 4 is 0 Å². The van der Waals surface area contributed by atoms with Crippen LogP contribution in [-0.2, 0) is 0 Å². The first-order valence-corrected chi connectivity index (χ1v) is 6.00. The van der Waals surface area contributed by atoms with E-state index in [1.165, 1.54) is 51.6 Å². The Morgan fingerprint density at radius 3 is 2.54 bits per heavy atom. The van der Waals surface area contributed by atoms with E-state index < -0.39 is 0 Å². The molecule has 3 heterocycles. The van der Waals surface area contributed by atoms with Gasteiger partial charge in [-0.3, -0.25) is 0 Å². The summed E-state index contributed by atoms with van der Waals surface area (Å²) >= 11 is 0. The summed E-state index contributed by atoms with van der Waals surface area (Å²) in [5, 5.41) is 0. The van der Waals surface area contributed by atoms with Crippen molar-refractivity contribution in [3.8, 4) is 0 Å². The van der Waals surface area contributed by atoms with Crippen LogP contribution in [0.2, 0.25) is 0 Å². The van der Waals surface area contributed by atoms with Crippen molar-refractivity contribution in [2.45, 2.75) is 58.4 Å². The average Bonchev–Trinajstić information content (AvgIpc) is 2.38. The fraction of sp³-hybridized carbons (Fsp3) is 1.00. The standard InChI is InChI=1S/C12H23N/c1-3-5-12-6-4-11(2)13(9-7-12)10-8-12/h11H,3-10H2,1-2H3/t11-/m0/s1. The van der Waals surface area contributed by atoms with Crippen LogP contribution in [0.5, 0.6) is 0 Å². The Hall–Kier alpha value is -0.0400. The summed E-state index contributed by atoms with van der Waals surface area (Å²) in [6, 6.07) is 0.862. The third kappa shape index (κ3) is 1.76. The van der Waals surface area contributed by atoms with Crippen molar-refractivity contribution in [1.29, 1.82) is 0 Å². The quantitative estimate of drug-likeness (QED) is 0.633. The summed E-state index contributed by atoms with van der Waals surface area (Å²) in [5.74, 6) is 0. The van der Waals surface area contributed by atoms with Crippen molar-refractivity contribution in [3.63, 3.8) is 0 Å². The molecule has 76 valence electrons. The average molecular weight is 181 g/mol. The molecule has 2 bridgehead atoms. The van der Waals surface area contributed by atoms with E-state index in [-0.39, 0.29) is 0 Å². The predicted octanol–water partition coefficient (Wildman–Crippen LogP) is 3.05. The van der Waals surface area contributed by atoms with Crippen molar-refractivity contribution in [1.82, 2.24) is 4.90 Å². The highest BCUT2D eigenvalue weighted by Gasteiger charge is 2.38. The Balaban J connectivity index is 2.06. The van der Waals surface area contributed by atoms with Crippen molar-refractivity contribution in [3.05, 3.63) is 0 Å². The van der Waals surface area contributed by atoms with Gasteiger partial charge in [0.05, 0.1) is 0 Å². The molecule has 3 fully saturated rings. The van der Waals surface area contributed by atoms with E-state index in [4.69, 9.17) is 0 Å². The molecular weight excluding hydrogens is 158 g/mol. The van der Waals surface area contributed by atoms with Gasteiger partial charge in [-0.1, -0.05) is 13.3 Å². The molecule has 3 saturated heterocycles. The van der Waals surface area contributed by atoms with Gasteiger partial charge in [-0.2, -0.15) is 0 Å². The molecule has 0 aromatic rings. The molecule has 3 aliphatic rings. The molecule has 0 amide bonds. The van der Waals surface area contributed by atoms with E-state index in [2.05, 4.69) is 18.7 Å². The third-order valence-electron chi connectivity index (χ3n) is 4.35. The van der Waals surface area contributed by atoms with Gasteiger partial charge in [0.2, 0.25) is 0 Å². The monoisotopic (exact) mass is 181 g/mol. The zero-order chi connectivity index (χ0) is 9.31. The summed E-state index contributed by atoms with van der Waals surface area (Å²) in [6.07, 6.45) is 8.76. The minimum Gasteiger partial charge on any atom is -0.301 e. The molecule has 0 spiro atoms. The zero-order valence-electron chi connectivity index (χ0n) is 9.18. The molecule has 1 atom stereocenters. The van der Waals surface area contributed by atoms with Crippen LogP contribution in [-0.4, -0.2) is 24.0 Å². The van der Waals surface area contributed by atoms with Gasteiger partial charge in [-0.25, -0.2) is 0 Å². The second-order valence-corrected chi connectivity index (χ2v) is 5.17. The van der Waals surface area contributed by atoms with Crippen LogP contribution in [0.1, 0.15) is 52.4 Å². The number of nitrogens with zero attached hydrogens (tertiary/aromatic N) is 1. The molecule has 13 heavy (non-hydrogen) atoms. The minimum atomic E-state index is 0.760. The normalized spacial score (nSPS) is 44.8. The van der Waals surface area contributed by atoms with E-state index >= 15 is 0 Å². The molecule has 0 aromatic carbocycles. The summed E-state index contributed by atoms with van der Waals surface area (Å²) in [7, 11) is 0. The van der Waals surface area contributed by atoms with Gasteiger partial charge in [-0.15, -0.1) is 0 Å². The minimum absolute atomic E-state index is 0.760. The molecule has 0 saturated carbocycles. The van der Waals surface area contributed by atoms with Crippen molar-refractivity contribution < 1.29 is 0 Å². The van der Waals surface area contributed by atoms with E-state index in [1.54, 1.807) is 0 Å². The van der Waals surface area contributed by atoms with Gasteiger partial charge in [0, 0.05) is 6.04 Å². The highest BCUT2D eigenvalue weighted by Crippen LogP contribution is 2.44. The van der Waals surface area contributed by atoms with Gasteiger partial charge in [0.15, 0.2) is 0 Å². The van der Waals surface area contributed by atoms with Crippen LogP contribution in [0, 0.1) is 5.41 Å². The van der Waals surface area contributed by atoms with Crippen LogP contribution in [0.15, 0.2) is 0 Å². The fourth-order valence-corrected chi connectivity index (χ4v) is 3.29. The largest absolute Gasteiger partial charge is 0.301 e. The van der Waals surface area contributed by atoms with Gasteiger partial charge < -0.3 is 4.90 Å². The SMILES string of the molecule is CCCC12CC[C@H](C)N(CC1)CC2. The number of fused-ring (bicyclic) bond motifs is 4. The van der Waals surface area contributed by atoms with Crippen LogP contribution >= 0.6 is 0 Å². The first-order chi connectivity index (χ1) is 6.26. The summed E-state index contributed by atoms with van der Waals surface area (Å²) < 4.78 is 0. The van der Waals surface area contributed by atoms with Gasteiger partial charge in [0.25, 0.3) is 0 Å². The Morgan fingerprint density at radius 2 is 1.92 bits per heavy atom. The van der Waals surface area contributed by atoms with Crippen molar-refractivity contribution in [2.24, 2.45) is 5.41 Å². The topological polar surface area (TPSA) is 3.24 Å². The Bertz CT molecular complexity index is 168. The van der Waals surface area contributed by atoms with E-state index in [1.807, 2.05) is 0 Å². The van der Waals surface area contributed by atoms with Gasteiger partial charge in [0.1, 0.15) is 0 Å². The molecule has 0 radical (unpaired) electrons. The van der Waals surface area contributed by atoms with Crippen molar-refractivity contribution in [2.75, 3.05) is 13.1 Å². The number of hydrogen-bond donors (Lipinski definition) is 0. The van der Waals surface area contributed by atoms with E-state index in [0.717, 1.165) is 11.5 Å². The Labute approximate surface area is 82.5 Å². The highest BCUT2D eigenvalue weighted by atomic mass is 15.2. The molecule has 3 aliphatic heterocycles. The van der Waals surface area contributed by atoms with Crippen LogP contribution in [0.4, 0.5) is 0 Å². The molecular formula is C12H23N. The Morgan fingerprint density at radius 1 is 1.23 bits per heavy atom. The lowest BCUT2D eigenvalue weighted by atomic mass is 9.73. The van der Waals surface area contributed by atoms with Crippen LogP contribution in [0.3, 0.4) is 0 Å². The lowest BCUT2D eigenvalue weighted by Gasteiger charge is -2.38.